The highest BCUT2D eigenvalue weighted by molar-refractivity contribution is 6.30. The lowest BCUT2D eigenvalue weighted by atomic mass is 10.1. The number of likely N-dealkylation sites (tertiary alicyclic amines) is 1. The predicted octanol–water partition coefficient (Wildman–Crippen LogP) is 2.00. The number of halogens is 1. The Morgan fingerprint density at radius 3 is 2.95 bits per heavy atom. The number of aryl methyl sites for hydroxylation is 1. The molecule has 1 aliphatic heterocycles. The van der Waals surface area contributed by atoms with Crippen LogP contribution in [0.3, 0.4) is 0 Å². The van der Waals surface area contributed by atoms with E-state index in [0.29, 0.717) is 23.6 Å². The molecule has 6 heteroatoms. The third kappa shape index (κ3) is 2.66. The first kappa shape index (κ1) is 13.7. The number of benzene rings is 1. The van der Waals surface area contributed by atoms with Gasteiger partial charge in [0, 0.05) is 17.1 Å². The molecule has 0 radical (unpaired) electrons. The minimum Gasteiger partial charge on any atom is -0.409 e. The van der Waals surface area contributed by atoms with Crippen LogP contribution in [0.4, 0.5) is 0 Å². The van der Waals surface area contributed by atoms with Crippen LogP contribution in [0.25, 0.3) is 0 Å². The van der Waals surface area contributed by atoms with Crippen LogP contribution in [0, 0.1) is 6.92 Å². The zero-order valence-corrected chi connectivity index (χ0v) is 11.4. The number of rotatable bonds is 2. The Kier molecular flexibility index (Phi) is 3.95. The minimum atomic E-state index is -0.326. The Morgan fingerprint density at radius 1 is 1.58 bits per heavy atom. The van der Waals surface area contributed by atoms with E-state index < -0.39 is 0 Å². The molecule has 2 rings (SSSR count). The molecule has 0 aliphatic carbocycles. The summed E-state index contributed by atoms with van der Waals surface area (Å²) in [5, 5.41) is 12.4. The van der Waals surface area contributed by atoms with Crippen LogP contribution in [0.1, 0.15) is 28.8 Å². The molecule has 0 aromatic heterocycles. The van der Waals surface area contributed by atoms with Crippen LogP contribution < -0.4 is 5.73 Å². The SMILES string of the molecule is Cc1cc(Cl)ccc1C(=O)N1CCCC1/C(N)=N/O. The highest BCUT2D eigenvalue weighted by atomic mass is 35.5. The number of carbonyl (C=O) groups is 1. The lowest BCUT2D eigenvalue weighted by Crippen LogP contribution is -2.44. The molecule has 1 aromatic carbocycles. The number of hydrogen-bond donors (Lipinski definition) is 2. The van der Waals surface area contributed by atoms with E-state index in [4.69, 9.17) is 22.5 Å². The molecule has 1 unspecified atom stereocenters. The van der Waals surface area contributed by atoms with E-state index in [-0.39, 0.29) is 17.8 Å². The van der Waals surface area contributed by atoms with Gasteiger partial charge in [0.05, 0.1) is 6.04 Å². The molecular formula is C13H16ClN3O2. The topological polar surface area (TPSA) is 78.9 Å². The normalized spacial score (nSPS) is 19.8. The molecule has 1 aromatic rings. The average molecular weight is 282 g/mol. The smallest absolute Gasteiger partial charge is 0.254 e. The number of amides is 1. The van der Waals surface area contributed by atoms with Crippen molar-refractivity contribution >= 4 is 23.3 Å². The van der Waals surface area contributed by atoms with E-state index >= 15 is 0 Å². The van der Waals surface area contributed by atoms with Crippen LogP contribution in [-0.2, 0) is 0 Å². The molecule has 0 bridgehead atoms. The van der Waals surface area contributed by atoms with Crippen LogP contribution in [0.2, 0.25) is 5.02 Å². The maximum Gasteiger partial charge on any atom is 0.254 e. The van der Waals surface area contributed by atoms with Gasteiger partial charge in [0.25, 0.3) is 5.91 Å². The van der Waals surface area contributed by atoms with Crippen LogP contribution in [0.5, 0.6) is 0 Å². The molecule has 0 spiro atoms. The lowest BCUT2D eigenvalue weighted by Gasteiger charge is -2.24. The second kappa shape index (κ2) is 5.48. The summed E-state index contributed by atoms with van der Waals surface area (Å²) in [7, 11) is 0. The van der Waals surface area contributed by atoms with Crippen molar-refractivity contribution in [3.05, 3.63) is 34.3 Å². The van der Waals surface area contributed by atoms with Gasteiger partial charge in [-0.15, -0.1) is 0 Å². The third-order valence-corrected chi connectivity index (χ3v) is 3.62. The van der Waals surface area contributed by atoms with Crippen molar-refractivity contribution < 1.29 is 10.0 Å². The van der Waals surface area contributed by atoms with Crippen molar-refractivity contribution in [1.29, 1.82) is 0 Å². The first-order valence-electron chi connectivity index (χ1n) is 6.09. The van der Waals surface area contributed by atoms with Crippen molar-refractivity contribution in [3.63, 3.8) is 0 Å². The zero-order chi connectivity index (χ0) is 14.0. The van der Waals surface area contributed by atoms with E-state index in [1.807, 2.05) is 6.92 Å². The quantitative estimate of drug-likeness (QED) is 0.377. The van der Waals surface area contributed by atoms with Crippen molar-refractivity contribution in [3.8, 4) is 0 Å². The average Bonchev–Trinajstić information content (AvgIpc) is 2.86. The van der Waals surface area contributed by atoms with Crippen molar-refractivity contribution in [2.75, 3.05) is 6.54 Å². The molecule has 1 saturated heterocycles. The Hall–Kier alpha value is -1.75. The molecule has 1 aliphatic rings. The van der Waals surface area contributed by atoms with Gasteiger partial charge in [0.15, 0.2) is 5.84 Å². The van der Waals surface area contributed by atoms with Crippen molar-refractivity contribution in [2.24, 2.45) is 10.9 Å². The molecule has 1 atom stereocenters. The van der Waals surface area contributed by atoms with Gasteiger partial charge in [0.2, 0.25) is 0 Å². The highest BCUT2D eigenvalue weighted by Crippen LogP contribution is 2.23. The van der Waals surface area contributed by atoms with Gasteiger partial charge in [0.1, 0.15) is 0 Å². The number of nitrogens with two attached hydrogens (primary N) is 1. The number of hydrogen-bond acceptors (Lipinski definition) is 3. The summed E-state index contributed by atoms with van der Waals surface area (Å²) in [6.07, 6.45) is 1.56. The van der Waals surface area contributed by atoms with Gasteiger partial charge in [-0.05, 0) is 43.5 Å². The van der Waals surface area contributed by atoms with Crippen molar-refractivity contribution in [1.82, 2.24) is 4.90 Å². The van der Waals surface area contributed by atoms with Gasteiger partial charge in [-0.25, -0.2) is 0 Å². The Balaban J connectivity index is 2.28. The van der Waals surface area contributed by atoms with E-state index in [1.165, 1.54) is 0 Å². The van der Waals surface area contributed by atoms with E-state index in [0.717, 1.165) is 12.0 Å². The Labute approximate surface area is 116 Å². The molecule has 102 valence electrons. The maximum absolute atomic E-state index is 12.5. The number of carbonyl (C=O) groups excluding carboxylic acids is 1. The van der Waals surface area contributed by atoms with Gasteiger partial charge in [-0.1, -0.05) is 16.8 Å². The van der Waals surface area contributed by atoms with Gasteiger partial charge >= 0.3 is 0 Å². The largest absolute Gasteiger partial charge is 0.409 e. The van der Waals surface area contributed by atoms with Gasteiger partial charge < -0.3 is 15.8 Å². The molecule has 1 heterocycles. The Bertz CT molecular complexity index is 531. The maximum atomic E-state index is 12.5. The monoisotopic (exact) mass is 281 g/mol. The van der Waals surface area contributed by atoms with Crippen LogP contribution >= 0.6 is 11.6 Å². The number of oxime groups is 1. The lowest BCUT2D eigenvalue weighted by molar-refractivity contribution is 0.0767. The summed E-state index contributed by atoms with van der Waals surface area (Å²) in [6.45, 7) is 2.45. The summed E-state index contributed by atoms with van der Waals surface area (Å²) in [5.74, 6) is -0.0271. The molecule has 0 saturated carbocycles. The second-order valence-corrected chi connectivity index (χ2v) is 5.08. The summed E-state index contributed by atoms with van der Waals surface area (Å²) in [6, 6.07) is 4.83. The first-order valence-corrected chi connectivity index (χ1v) is 6.47. The summed E-state index contributed by atoms with van der Waals surface area (Å²) >= 11 is 5.89. The zero-order valence-electron chi connectivity index (χ0n) is 10.6. The van der Waals surface area contributed by atoms with E-state index in [9.17, 15) is 4.79 Å². The van der Waals surface area contributed by atoms with Gasteiger partial charge in [-0.3, -0.25) is 4.79 Å². The molecular weight excluding hydrogens is 266 g/mol. The standard InChI is InChI=1S/C13H16ClN3O2/c1-8-7-9(14)4-5-10(8)13(18)17-6-2-3-11(17)12(15)16-19/h4-5,7,11,19H,2-3,6H2,1H3,(H2,15,16). The number of nitrogens with zero attached hydrogens (tertiary/aromatic N) is 2. The van der Waals surface area contributed by atoms with E-state index in [2.05, 4.69) is 5.16 Å². The Morgan fingerprint density at radius 2 is 2.32 bits per heavy atom. The fraction of sp³-hybridized carbons (Fsp3) is 0.385. The number of amidine groups is 1. The summed E-state index contributed by atoms with van der Waals surface area (Å²) in [5.41, 5.74) is 7.05. The fourth-order valence-electron chi connectivity index (χ4n) is 2.41. The third-order valence-electron chi connectivity index (χ3n) is 3.39. The fourth-order valence-corrected chi connectivity index (χ4v) is 2.63. The first-order chi connectivity index (χ1) is 9.04. The predicted molar refractivity (Wildman–Crippen MR) is 73.7 cm³/mol. The molecule has 1 amide bonds. The van der Waals surface area contributed by atoms with Crippen LogP contribution in [-0.4, -0.2) is 34.4 Å². The summed E-state index contributed by atoms with van der Waals surface area (Å²) < 4.78 is 0. The molecule has 19 heavy (non-hydrogen) atoms. The van der Waals surface area contributed by atoms with Crippen LogP contribution in [0.15, 0.2) is 23.4 Å². The van der Waals surface area contributed by atoms with E-state index in [1.54, 1.807) is 23.1 Å². The highest BCUT2D eigenvalue weighted by Gasteiger charge is 2.32. The minimum absolute atomic E-state index is 0.0810. The summed E-state index contributed by atoms with van der Waals surface area (Å²) in [4.78, 5) is 14.1. The molecule has 5 nitrogen and oxygen atoms in total. The van der Waals surface area contributed by atoms with Crippen molar-refractivity contribution in [2.45, 2.75) is 25.8 Å². The molecule has 1 fully saturated rings. The van der Waals surface area contributed by atoms with Gasteiger partial charge in [-0.2, -0.15) is 0 Å². The second-order valence-electron chi connectivity index (χ2n) is 4.64. The molecule has 3 N–H and O–H groups in total.